The number of hydrogen-bond acceptors (Lipinski definition) is 6. The van der Waals surface area contributed by atoms with Crippen molar-refractivity contribution < 1.29 is 66.4 Å². The number of aliphatic carboxylic acids is 1. The van der Waals surface area contributed by atoms with Crippen molar-refractivity contribution in [2.75, 3.05) is 45.8 Å². The summed E-state index contributed by atoms with van der Waals surface area (Å²) < 4.78 is 0. The molecule has 0 rings (SSSR count). The van der Waals surface area contributed by atoms with Crippen molar-refractivity contribution in [2.24, 2.45) is 4.99 Å². The van der Waals surface area contributed by atoms with Gasteiger partial charge in [0.2, 0.25) is 0 Å². The first-order chi connectivity index (χ1) is 9.66. The predicted molar refractivity (Wildman–Crippen MR) is 77.9 cm³/mol. The molecule has 8 heteroatoms. The fourth-order valence-electron chi connectivity index (χ4n) is 1.25. The van der Waals surface area contributed by atoms with E-state index in [0.29, 0.717) is 13.1 Å². The number of carboxylic acids is 1. The quantitative estimate of drug-likeness (QED) is 0.0678. The number of aliphatic imine (C=N–C) groups is 1. The van der Waals surface area contributed by atoms with Crippen LogP contribution in [0.2, 0.25) is 0 Å². The van der Waals surface area contributed by atoms with Crippen molar-refractivity contribution in [3.8, 4) is 0 Å². The predicted octanol–water partition coefficient (Wildman–Crippen LogP) is -4.66. The Morgan fingerprint density at radius 2 is 1.67 bits per heavy atom. The van der Waals surface area contributed by atoms with Crippen LogP contribution < -0.4 is 72.4 Å². The standard InChI is InChI=1S/C13H24N4O3.K/c1-2-5-14-6-7-15-8-9-16-10-11-17-12(18)3-4-13(19)20;/h2-4,14-16H,1,5-11H2,(H,17,18)(H,19,20);/q;+1/p-1/b4-3+;. The van der Waals surface area contributed by atoms with Gasteiger partial charge < -0.3 is 26.2 Å². The van der Waals surface area contributed by atoms with E-state index in [-0.39, 0.29) is 51.4 Å². The third-order valence-electron chi connectivity index (χ3n) is 2.17. The second kappa shape index (κ2) is 18.0. The van der Waals surface area contributed by atoms with Gasteiger partial charge in [-0.15, -0.1) is 6.58 Å². The van der Waals surface area contributed by atoms with Gasteiger partial charge in [-0.25, -0.2) is 4.79 Å². The molecule has 0 aliphatic rings. The SMILES string of the molecule is C=CCNCCNCCNCCN=C([O-])/C=C/C(=O)O.[K+]. The molecule has 0 aromatic rings. The summed E-state index contributed by atoms with van der Waals surface area (Å²) in [5.74, 6) is -1.68. The van der Waals surface area contributed by atoms with E-state index in [1.165, 1.54) is 0 Å². The Morgan fingerprint density at radius 3 is 2.24 bits per heavy atom. The van der Waals surface area contributed by atoms with Gasteiger partial charge in [0, 0.05) is 45.3 Å². The van der Waals surface area contributed by atoms with Crippen molar-refractivity contribution >= 4 is 11.9 Å². The summed E-state index contributed by atoms with van der Waals surface area (Å²) in [7, 11) is 0. The van der Waals surface area contributed by atoms with Gasteiger partial charge in [0.1, 0.15) is 0 Å². The number of carbonyl (C=O) groups is 1. The Balaban J connectivity index is 0. The van der Waals surface area contributed by atoms with Gasteiger partial charge in [-0.2, -0.15) is 0 Å². The molecule has 4 N–H and O–H groups in total. The summed E-state index contributed by atoms with van der Waals surface area (Å²) in [6.07, 6.45) is 3.54. The Hall–Kier alpha value is -0.0636. The molecule has 0 aromatic heterocycles. The molecule has 114 valence electrons. The summed E-state index contributed by atoms with van der Waals surface area (Å²) in [5, 5.41) is 28.9. The molecule has 0 bridgehead atoms. The van der Waals surface area contributed by atoms with Crippen molar-refractivity contribution in [1.29, 1.82) is 0 Å². The average molecular weight is 322 g/mol. The van der Waals surface area contributed by atoms with E-state index in [1.807, 2.05) is 6.08 Å². The van der Waals surface area contributed by atoms with Gasteiger partial charge >= 0.3 is 57.4 Å². The molecule has 0 saturated heterocycles. The Morgan fingerprint density at radius 1 is 1.10 bits per heavy atom. The largest absolute Gasteiger partial charge is 1.00 e. The molecular formula is C13H23KN4O3. The molecule has 0 aromatic carbocycles. The smallest absolute Gasteiger partial charge is 0.859 e. The zero-order valence-corrected chi connectivity index (χ0v) is 15.7. The fourth-order valence-corrected chi connectivity index (χ4v) is 1.25. The fraction of sp³-hybridized carbons (Fsp3) is 0.538. The minimum absolute atomic E-state index is 0. The maximum Gasteiger partial charge on any atom is 1.00 e. The summed E-state index contributed by atoms with van der Waals surface area (Å²) in [6, 6.07) is 0. The molecule has 0 radical (unpaired) electrons. The third-order valence-corrected chi connectivity index (χ3v) is 2.17. The molecule has 0 fully saturated rings. The van der Waals surface area contributed by atoms with Gasteiger partial charge in [0.25, 0.3) is 0 Å². The first-order valence-corrected chi connectivity index (χ1v) is 6.52. The van der Waals surface area contributed by atoms with E-state index in [9.17, 15) is 9.90 Å². The van der Waals surface area contributed by atoms with Crippen LogP contribution in [0.5, 0.6) is 0 Å². The second-order valence-corrected chi connectivity index (χ2v) is 3.88. The molecule has 0 aliphatic carbocycles. The van der Waals surface area contributed by atoms with Crippen molar-refractivity contribution in [3.05, 3.63) is 24.8 Å². The summed E-state index contributed by atoms with van der Waals surface area (Å²) in [4.78, 5) is 13.8. The molecule has 0 amide bonds. The van der Waals surface area contributed by atoms with E-state index in [0.717, 1.165) is 44.9 Å². The maximum absolute atomic E-state index is 11.0. The van der Waals surface area contributed by atoms with Crippen LogP contribution in [0.1, 0.15) is 0 Å². The topological polar surface area (TPSA) is 109 Å². The van der Waals surface area contributed by atoms with Gasteiger partial charge in [0.05, 0.1) is 6.54 Å². The number of carboxylic acid groups (broad SMARTS) is 1. The molecule has 0 atom stereocenters. The summed E-state index contributed by atoms with van der Waals surface area (Å²) >= 11 is 0. The first kappa shape index (κ1) is 23.2. The van der Waals surface area contributed by atoms with E-state index >= 15 is 0 Å². The van der Waals surface area contributed by atoms with Crippen LogP contribution in [-0.2, 0) is 4.79 Å². The average Bonchev–Trinajstić information content (AvgIpc) is 2.42. The van der Waals surface area contributed by atoms with Crippen LogP contribution in [0.4, 0.5) is 0 Å². The van der Waals surface area contributed by atoms with Crippen LogP contribution in [0, 0.1) is 0 Å². The van der Waals surface area contributed by atoms with E-state index in [2.05, 4.69) is 27.5 Å². The molecule has 0 heterocycles. The first-order valence-electron chi connectivity index (χ1n) is 6.52. The monoisotopic (exact) mass is 322 g/mol. The number of rotatable bonds is 13. The van der Waals surface area contributed by atoms with Crippen LogP contribution in [0.15, 0.2) is 29.8 Å². The van der Waals surface area contributed by atoms with Crippen LogP contribution in [0.25, 0.3) is 0 Å². The van der Waals surface area contributed by atoms with Crippen LogP contribution in [0.3, 0.4) is 0 Å². The van der Waals surface area contributed by atoms with E-state index in [4.69, 9.17) is 5.11 Å². The summed E-state index contributed by atoms with van der Waals surface area (Å²) in [6.45, 7) is 8.75. The van der Waals surface area contributed by atoms with Gasteiger partial charge in [-0.05, 0) is 12.0 Å². The van der Waals surface area contributed by atoms with E-state index in [1.54, 1.807) is 0 Å². The second-order valence-electron chi connectivity index (χ2n) is 3.88. The molecule has 0 unspecified atom stereocenters. The normalized spacial score (nSPS) is 11.3. The Kier molecular flexibility index (Phi) is 19.9. The molecule has 7 nitrogen and oxygen atoms in total. The Labute approximate surface area is 168 Å². The summed E-state index contributed by atoms with van der Waals surface area (Å²) in [5.41, 5.74) is 0. The maximum atomic E-state index is 11.0. The number of nitrogens with one attached hydrogen (secondary N) is 3. The third kappa shape index (κ3) is 19.9. The molecule has 0 saturated carbocycles. The minimum atomic E-state index is -1.15. The molecule has 21 heavy (non-hydrogen) atoms. The van der Waals surface area contributed by atoms with Gasteiger partial charge in [-0.1, -0.05) is 6.08 Å². The zero-order chi connectivity index (χ0) is 15.1. The minimum Gasteiger partial charge on any atom is -0.859 e. The molecular weight excluding hydrogens is 299 g/mol. The van der Waals surface area contributed by atoms with Gasteiger partial charge in [-0.3, -0.25) is 4.99 Å². The zero-order valence-electron chi connectivity index (χ0n) is 12.6. The van der Waals surface area contributed by atoms with Crippen molar-refractivity contribution in [3.63, 3.8) is 0 Å². The Bertz CT molecular complexity index is 335. The van der Waals surface area contributed by atoms with E-state index < -0.39 is 11.9 Å². The van der Waals surface area contributed by atoms with Crippen molar-refractivity contribution in [2.45, 2.75) is 0 Å². The van der Waals surface area contributed by atoms with Crippen LogP contribution in [-0.4, -0.2) is 62.8 Å². The van der Waals surface area contributed by atoms with Crippen molar-refractivity contribution in [1.82, 2.24) is 16.0 Å². The number of nitrogens with zero attached hydrogens (tertiary/aromatic N) is 1. The van der Waals surface area contributed by atoms with Crippen LogP contribution >= 0.6 is 0 Å². The number of hydrogen-bond donors (Lipinski definition) is 4. The molecule has 0 spiro atoms. The van der Waals surface area contributed by atoms with Gasteiger partial charge in [0.15, 0.2) is 0 Å². The molecule has 0 aliphatic heterocycles.